The normalized spacial score (nSPS) is 14.6. The molecule has 5 nitrogen and oxygen atoms in total. The van der Waals surface area contributed by atoms with Crippen LogP contribution in [0.1, 0.15) is 84.7 Å². The Morgan fingerprint density at radius 2 is 1.91 bits per heavy atom. The van der Waals surface area contributed by atoms with Gasteiger partial charge in [0.25, 0.3) is 0 Å². The Hall–Kier alpha value is -2.66. The third-order valence-corrected chi connectivity index (χ3v) is 6.57. The van der Waals surface area contributed by atoms with Gasteiger partial charge in [0.15, 0.2) is 0 Å². The van der Waals surface area contributed by atoms with Crippen LogP contribution in [0.5, 0.6) is 0 Å². The van der Waals surface area contributed by atoms with Gasteiger partial charge in [-0.2, -0.15) is 0 Å². The topological polar surface area (TPSA) is 70.9 Å². The molecule has 0 heterocycles. The van der Waals surface area contributed by atoms with Crippen molar-refractivity contribution in [3.05, 3.63) is 69.8 Å². The summed E-state index contributed by atoms with van der Waals surface area (Å²) in [6, 6.07) is 13.1. The Balaban J connectivity index is 1.45. The Bertz CT molecular complexity index is 933. The van der Waals surface area contributed by atoms with E-state index in [1.165, 1.54) is 59.9 Å². The summed E-state index contributed by atoms with van der Waals surface area (Å²) >= 11 is 0. The van der Waals surface area contributed by atoms with Crippen LogP contribution in [0.2, 0.25) is 0 Å². The van der Waals surface area contributed by atoms with Gasteiger partial charge in [-0.1, -0.05) is 67.7 Å². The van der Waals surface area contributed by atoms with Crippen LogP contribution in [0.3, 0.4) is 0 Å². The van der Waals surface area contributed by atoms with E-state index in [4.69, 9.17) is 9.94 Å². The van der Waals surface area contributed by atoms with Crippen LogP contribution in [0, 0.1) is 6.92 Å². The number of carboxylic acid groups (broad SMARTS) is 1. The summed E-state index contributed by atoms with van der Waals surface area (Å²) in [5, 5.41) is 16.1. The number of hydrogen-bond donors (Lipinski definition) is 2. The molecule has 0 aliphatic heterocycles. The standard InChI is InChI=1S/C28H38N2O3/c1-3-24-18-22(9-11-26(24)19-29-15-14-28(31)32)13-16-30-33-20-23-10-12-27(21(2)17-23)25-7-5-4-6-8-25/h9-12,16-18,25,29H,3-8,13-15,19-20H2,1-2H3,(H,31,32). The molecule has 0 saturated heterocycles. The van der Waals surface area contributed by atoms with Gasteiger partial charge in [-0.15, -0.1) is 0 Å². The van der Waals surface area contributed by atoms with Gasteiger partial charge >= 0.3 is 5.97 Å². The van der Waals surface area contributed by atoms with E-state index >= 15 is 0 Å². The minimum Gasteiger partial charge on any atom is -0.481 e. The molecule has 0 unspecified atom stereocenters. The maximum absolute atomic E-state index is 10.6. The lowest BCUT2D eigenvalue weighted by Gasteiger charge is -2.23. The second-order valence-corrected chi connectivity index (χ2v) is 9.07. The molecule has 1 saturated carbocycles. The summed E-state index contributed by atoms with van der Waals surface area (Å²) in [6.45, 7) is 6.01. The molecule has 33 heavy (non-hydrogen) atoms. The van der Waals surface area contributed by atoms with Crippen molar-refractivity contribution in [2.75, 3.05) is 6.54 Å². The first-order valence-corrected chi connectivity index (χ1v) is 12.3. The van der Waals surface area contributed by atoms with Crippen molar-refractivity contribution >= 4 is 12.2 Å². The van der Waals surface area contributed by atoms with Gasteiger partial charge in [-0.3, -0.25) is 4.79 Å². The molecule has 178 valence electrons. The van der Waals surface area contributed by atoms with E-state index < -0.39 is 5.97 Å². The van der Waals surface area contributed by atoms with E-state index in [2.05, 4.69) is 60.7 Å². The highest BCUT2D eigenvalue weighted by molar-refractivity contribution is 5.66. The molecule has 2 aromatic carbocycles. The zero-order valence-electron chi connectivity index (χ0n) is 20.1. The SMILES string of the molecule is CCc1cc(CC=NOCc2ccc(C3CCCCC3)c(C)c2)ccc1CNCCC(=O)O. The van der Waals surface area contributed by atoms with Gasteiger partial charge in [0, 0.05) is 25.7 Å². The monoisotopic (exact) mass is 450 g/mol. The summed E-state index contributed by atoms with van der Waals surface area (Å²) in [5.74, 6) is -0.0478. The minimum atomic E-state index is -0.776. The molecule has 5 heteroatoms. The van der Waals surface area contributed by atoms with Crippen LogP contribution in [-0.4, -0.2) is 23.8 Å². The van der Waals surface area contributed by atoms with Crippen molar-refractivity contribution in [3.63, 3.8) is 0 Å². The molecule has 2 N–H and O–H groups in total. The van der Waals surface area contributed by atoms with Gasteiger partial charge in [0.1, 0.15) is 6.61 Å². The summed E-state index contributed by atoms with van der Waals surface area (Å²) < 4.78 is 0. The van der Waals surface area contributed by atoms with Gasteiger partial charge in [-0.25, -0.2) is 0 Å². The Morgan fingerprint density at radius 1 is 1.12 bits per heavy atom. The smallest absolute Gasteiger partial charge is 0.304 e. The molecular formula is C28H38N2O3. The molecule has 0 amide bonds. The third-order valence-electron chi connectivity index (χ3n) is 6.57. The fourth-order valence-electron chi connectivity index (χ4n) is 4.73. The lowest BCUT2D eigenvalue weighted by molar-refractivity contribution is -0.136. The summed E-state index contributed by atoms with van der Waals surface area (Å²) in [6.07, 6.45) is 10.4. The predicted octanol–water partition coefficient (Wildman–Crippen LogP) is 5.91. The number of hydrogen-bond acceptors (Lipinski definition) is 4. The molecule has 1 aliphatic carbocycles. The molecule has 1 fully saturated rings. The molecular weight excluding hydrogens is 412 g/mol. The van der Waals surface area contributed by atoms with Crippen molar-refractivity contribution in [2.45, 2.75) is 84.3 Å². The van der Waals surface area contributed by atoms with Crippen molar-refractivity contribution in [1.29, 1.82) is 0 Å². The second-order valence-electron chi connectivity index (χ2n) is 9.07. The highest BCUT2D eigenvalue weighted by atomic mass is 16.6. The van der Waals surface area contributed by atoms with Crippen molar-refractivity contribution in [1.82, 2.24) is 5.32 Å². The van der Waals surface area contributed by atoms with E-state index in [-0.39, 0.29) is 6.42 Å². The zero-order chi connectivity index (χ0) is 23.5. The number of rotatable bonds is 12. The number of carbonyl (C=O) groups is 1. The number of benzene rings is 2. The number of oxime groups is 1. The molecule has 0 bridgehead atoms. The lowest BCUT2D eigenvalue weighted by atomic mass is 9.82. The van der Waals surface area contributed by atoms with Crippen molar-refractivity contribution < 1.29 is 14.7 Å². The Morgan fingerprint density at radius 3 is 2.64 bits per heavy atom. The zero-order valence-corrected chi connectivity index (χ0v) is 20.1. The first-order valence-electron chi connectivity index (χ1n) is 12.3. The first-order chi connectivity index (χ1) is 16.1. The van der Waals surface area contributed by atoms with Gasteiger partial charge in [0.2, 0.25) is 0 Å². The van der Waals surface area contributed by atoms with E-state index in [1.807, 2.05) is 6.21 Å². The second kappa shape index (κ2) is 13.1. The van der Waals surface area contributed by atoms with Crippen molar-refractivity contribution in [3.8, 4) is 0 Å². The average Bonchev–Trinajstić information content (AvgIpc) is 2.82. The van der Waals surface area contributed by atoms with E-state index in [0.717, 1.165) is 24.3 Å². The van der Waals surface area contributed by atoms with E-state index in [0.29, 0.717) is 19.7 Å². The number of nitrogens with one attached hydrogen (secondary N) is 1. The van der Waals surface area contributed by atoms with Gasteiger partial charge in [-0.05, 0) is 65.5 Å². The number of carboxylic acids is 1. The quantitative estimate of drug-likeness (QED) is 0.239. The third kappa shape index (κ3) is 8.01. The molecule has 0 spiro atoms. The van der Waals surface area contributed by atoms with Crippen molar-refractivity contribution in [2.24, 2.45) is 5.16 Å². The highest BCUT2D eigenvalue weighted by Crippen LogP contribution is 2.34. The first kappa shape index (κ1) is 25.0. The number of aryl methyl sites for hydroxylation is 2. The number of nitrogens with zero attached hydrogens (tertiary/aromatic N) is 1. The number of aliphatic carboxylic acids is 1. The van der Waals surface area contributed by atoms with Crippen LogP contribution in [0.4, 0.5) is 0 Å². The summed E-state index contributed by atoms with van der Waals surface area (Å²) in [7, 11) is 0. The summed E-state index contributed by atoms with van der Waals surface area (Å²) in [5.41, 5.74) is 7.73. The van der Waals surface area contributed by atoms with E-state index in [9.17, 15) is 4.79 Å². The predicted molar refractivity (Wildman–Crippen MR) is 134 cm³/mol. The molecule has 2 aromatic rings. The molecule has 0 aromatic heterocycles. The molecule has 0 atom stereocenters. The van der Waals surface area contributed by atoms with Crippen LogP contribution in [0.15, 0.2) is 41.6 Å². The highest BCUT2D eigenvalue weighted by Gasteiger charge is 2.17. The van der Waals surface area contributed by atoms with E-state index in [1.54, 1.807) is 0 Å². The minimum absolute atomic E-state index is 0.139. The van der Waals surface area contributed by atoms with Crippen LogP contribution in [0.25, 0.3) is 0 Å². The maximum atomic E-state index is 10.6. The Kier molecular flexibility index (Phi) is 9.95. The molecule has 1 aliphatic rings. The fraction of sp³-hybridized carbons (Fsp3) is 0.500. The average molecular weight is 451 g/mol. The van der Waals surface area contributed by atoms with Crippen LogP contribution >= 0.6 is 0 Å². The molecule has 0 radical (unpaired) electrons. The van der Waals surface area contributed by atoms with Crippen LogP contribution < -0.4 is 5.32 Å². The van der Waals surface area contributed by atoms with Gasteiger partial charge < -0.3 is 15.3 Å². The maximum Gasteiger partial charge on any atom is 0.304 e. The Labute approximate surface area is 198 Å². The molecule has 3 rings (SSSR count). The van der Waals surface area contributed by atoms with Crippen LogP contribution in [-0.2, 0) is 35.6 Å². The summed E-state index contributed by atoms with van der Waals surface area (Å²) in [4.78, 5) is 16.2. The lowest BCUT2D eigenvalue weighted by Crippen LogP contribution is -2.18. The largest absolute Gasteiger partial charge is 0.481 e. The fourth-order valence-corrected chi connectivity index (χ4v) is 4.73. The van der Waals surface area contributed by atoms with Gasteiger partial charge in [0.05, 0.1) is 6.42 Å².